The van der Waals surface area contributed by atoms with Crippen molar-refractivity contribution in [2.75, 3.05) is 20.1 Å². The van der Waals surface area contributed by atoms with Crippen LogP contribution in [0.4, 0.5) is 0 Å². The Hall–Kier alpha value is -2.14. The van der Waals surface area contributed by atoms with E-state index in [2.05, 4.69) is 35.3 Å². The van der Waals surface area contributed by atoms with E-state index in [1.165, 1.54) is 0 Å². The minimum absolute atomic E-state index is 0.180. The summed E-state index contributed by atoms with van der Waals surface area (Å²) in [7, 11) is 2.15. The van der Waals surface area contributed by atoms with E-state index in [1.54, 1.807) is 0 Å². The summed E-state index contributed by atoms with van der Waals surface area (Å²) >= 11 is 0. The van der Waals surface area contributed by atoms with Crippen LogP contribution in [0, 0.1) is 5.92 Å². The number of hydrogen-bond acceptors (Lipinski definition) is 3. The lowest BCUT2D eigenvalue weighted by atomic mass is 10.1. The molecule has 0 saturated heterocycles. The molecule has 0 unspecified atom stereocenters. The van der Waals surface area contributed by atoms with Crippen molar-refractivity contribution >= 4 is 5.91 Å². The molecular weight excluding hydrogens is 312 g/mol. The monoisotopic (exact) mass is 340 g/mol. The highest BCUT2D eigenvalue weighted by Crippen LogP contribution is 2.18. The molecule has 0 radical (unpaired) electrons. The van der Waals surface area contributed by atoms with Crippen LogP contribution in [0.15, 0.2) is 42.7 Å². The number of imidazole rings is 1. The van der Waals surface area contributed by atoms with Gasteiger partial charge >= 0.3 is 0 Å². The lowest BCUT2D eigenvalue weighted by Gasteiger charge is -2.29. The van der Waals surface area contributed by atoms with Gasteiger partial charge in [-0.1, -0.05) is 30.3 Å². The molecule has 0 fully saturated rings. The van der Waals surface area contributed by atoms with Gasteiger partial charge in [0.15, 0.2) is 0 Å². The number of carbonyl (C=O) groups is 1. The average molecular weight is 340 g/mol. The van der Waals surface area contributed by atoms with Crippen molar-refractivity contribution in [2.24, 2.45) is 5.92 Å². The molecule has 0 aliphatic carbocycles. The van der Waals surface area contributed by atoms with Crippen LogP contribution in [0.2, 0.25) is 0 Å². The number of carbonyl (C=O) groups excluding carboxylic acids is 1. The van der Waals surface area contributed by atoms with Gasteiger partial charge in [-0.15, -0.1) is 0 Å². The van der Waals surface area contributed by atoms with Crippen LogP contribution < -0.4 is 0 Å². The van der Waals surface area contributed by atoms with E-state index < -0.39 is 0 Å². The van der Waals surface area contributed by atoms with E-state index in [0.717, 1.165) is 31.0 Å². The maximum atomic E-state index is 12.9. The van der Waals surface area contributed by atoms with Crippen molar-refractivity contribution in [2.45, 2.75) is 39.4 Å². The summed E-state index contributed by atoms with van der Waals surface area (Å²) in [5.74, 6) is 1.57. The number of fused-ring (bicyclic) bond motifs is 1. The highest BCUT2D eigenvalue weighted by molar-refractivity contribution is 5.78. The van der Waals surface area contributed by atoms with E-state index in [-0.39, 0.29) is 5.91 Å². The Morgan fingerprint density at radius 3 is 2.76 bits per heavy atom. The summed E-state index contributed by atoms with van der Waals surface area (Å²) < 4.78 is 2.20. The zero-order valence-electron chi connectivity index (χ0n) is 15.4. The zero-order chi connectivity index (χ0) is 17.8. The van der Waals surface area contributed by atoms with E-state index in [4.69, 9.17) is 0 Å². The quantitative estimate of drug-likeness (QED) is 0.839. The molecule has 1 atom stereocenters. The molecule has 1 aliphatic heterocycles. The van der Waals surface area contributed by atoms with Gasteiger partial charge in [-0.2, -0.15) is 0 Å². The normalized spacial score (nSPS) is 17.6. The third-order valence-corrected chi connectivity index (χ3v) is 5.05. The van der Waals surface area contributed by atoms with Crippen molar-refractivity contribution in [1.82, 2.24) is 19.4 Å². The number of rotatable bonds is 5. The van der Waals surface area contributed by atoms with Crippen LogP contribution in [0.1, 0.15) is 25.2 Å². The largest absolute Gasteiger partial charge is 0.335 e. The van der Waals surface area contributed by atoms with E-state index in [9.17, 15) is 4.79 Å². The van der Waals surface area contributed by atoms with Crippen LogP contribution in [0.25, 0.3) is 0 Å². The molecule has 1 aromatic carbocycles. The maximum Gasteiger partial charge on any atom is 0.227 e. The first kappa shape index (κ1) is 17.7. The minimum atomic E-state index is 0.180. The lowest BCUT2D eigenvalue weighted by Crippen LogP contribution is -2.40. The molecule has 0 saturated carbocycles. The highest BCUT2D eigenvalue weighted by Gasteiger charge is 2.26. The zero-order valence-corrected chi connectivity index (χ0v) is 15.4. The predicted octanol–water partition coefficient (Wildman–Crippen LogP) is 2.42. The Morgan fingerprint density at radius 2 is 2.04 bits per heavy atom. The van der Waals surface area contributed by atoms with Gasteiger partial charge in [0.2, 0.25) is 5.91 Å². The van der Waals surface area contributed by atoms with Crippen LogP contribution in [-0.4, -0.2) is 51.4 Å². The Labute approximate surface area is 150 Å². The summed E-state index contributed by atoms with van der Waals surface area (Å²) in [4.78, 5) is 21.7. The van der Waals surface area contributed by atoms with E-state index >= 15 is 0 Å². The Kier molecular flexibility index (Phi) is 5.53. The average Bonchev–Trinajstić information content (AvgIpc) is 2.94. The van der Waals surface area contributed by atoms with E-state index in [1.807, 2.05) is 47.6 Å². The molecule has 1 aromatic heterocycles. The molecule has 1 aliphatic rings. The molecule has 134 valence electrons. The standard InChI is InChI=1S/C20H28N4O/c1-16(2)22(3)12-18-13-23-10-9-21-19(23)15-24(14-18)20(25)11-17-7-5-4-6-8-17/h4-10,16,18H,11-15H2,1-3H3/t18-/m0/s1. The minimum Gasteiger partial charge on any atom is -0.335 e. The molecule has 0 spiro atoms. The Balaban J connectivity index is 1.75. The van der Waals surface area contributed by atoms with Gasteiger partial charge in [0.1, 0.15) is 5.82 Å². The fraction of sp³-hybridized carbons (Fsp3) is 0.500. The summed E-state index contributed by atoms with van der Waals surface area (Å²) in [6, 6.07) is 10.5. The summed E-state index contributed by atoms with van der Waals surface area (Å²) in [6.45, 7) is 7.69. The first-order valence-electron chi connectivity index (χ1n) is 9.05. The highest BCUT2D eigenvalue weighted by atomic mass is 16.2. The second-order valence-electron chi connectivity index (χ2n) is 7.33. The second-order valence-corrected chi connectivity index (χ2v) is 7.33. The van der Waals surface area contributed by atoms with Crippen LogP contribution in [0.5, 0.6) is 0 Å². The summed E-state index contributed by atoms with van der Waals surface area (Å²) in [6.07, 6.45) is 4.32. The topological polar surface area (TPSA) is 41.4 Å². The molecule has 0 bridgehead atoms. The van der Waals surface area contributed by atoms with Gasteiger partial charge in [-0.05, 0) is 26.5 Å². The Bertz CT molecular complexity index is 695. The fourth-order valence-corrected chi connectivity index (χ4v) is 3.35. The first-order chi connectivity index (χ1) is 12.0. The molecular formula is C20H28N4O. The SMILES string of the molecule is CC(C)N(C)C[C@@H]1CN(C(=O)Cc2ccccc2)Cc2nccn2C1. The lowest BCUT2D eigenvalue weighted by molar-refractivity contribution is -0.131. The molecule has 2 heterocycles. The third kappa shape index (κ3) is 4.48. The number of amides is 1. The van der Waals surface area contributed by atoms with Gasteiger partial charge in [-0.3, -0.25) is 4.79 Å². The number of hydrogen-bond donors (Lipinski definition) is 0. The van der Waals surface area contributed by atoms with Gasteiger partial charge in [0.05, 0.1) is 13.0 Å². The fourth-order valence-electron chi connectivity index (χ4n) is 3.35. The van der Waals surface area contributed by atoms with E-state index in [0.29, 0.717) is 24.9 Å². The van der Waals surface area contributed by atoms with Gasteiger partial charge < -0.3 is 14.4 Å². The first-order valence-corrected chi connectivity index (χ1v) is 9.05. The molecule has 1 amide bonds. The summed E-state index contributed by atoms with van der Waals surface area (Å²) in [5, 5.41) is 0. The number of aromatic nitrogens is 2. The second kappa shape index (κ2) is 7.83. The van der Waals surface area contributed by atoms with Crippen LogP contribution in [-0.2, 0) is 24.3 Å². The van der Waals surface area contributed by atoms with Crippen molar-refractivity contribution in [3.8, 4) is 0 Å². The third-order valence-electron chi connectivity index (χ3n) is 5.05. The molecule has 2 aromatic rings. The van der Waals surface area contributed by atoms with Crippen LogP contribution >= 0.6 is 0 Å². The Morgan fingerprint density at radius 1 is 1.28 bits per heavy atom. The molecule has 5 nitrogen and oxygen atoms in total. The van der Waals surface area contributed by atoms with Crippen molar-refractivity contribution < 1.29 is 4.79 Å². The molecule has 25 heavy (non-hydrogen) atoms. The smallest absolute Gasteiger partial charge is 0.227 e. The number of nitrogens with zero attached hydrogens (tertiary/aromatic N) is 4. The van der Waals surface area contributed by atoms with Gasteiger partial charge in [0, 0.05) is 44.0 Å². The maximum absolute atomic E-state index is 12.9. The molecule has 3 rings (SSSR count). The van der Waals surface area contributed by atoms with Crippen molar-refractivity contribution in [1.29, 1.82) is 0 Å². The molecule has 0 N–H and O–H groups in total. The van der Waals surface area contributed by atoms with Crippen molar-refractivity contribution in [3.63, 3.8) is 0 Å². The van der Waals surface area contributed by atoms with Crippen LogP contribution in [0.3, 0.4) is 0 Å². The molecule has 5 heteroatoms. The van der Waals surface area contributed by atoms with Crippen molar-refractivity contribution in [3.05, 3.63) is 54.1 Å². The van der Waals surface area contributed by atoms with Gasteiger partial charge in [0.25, 0.3) is 0 Å². The predicted molar refractivity (Wildman–Crippen MR) is 99.0 cm³/mol. The number of benzene rings is 1. The van der Waals surface area contributed by atoms with Gasteiger partial charge in [-0.25, -0.2) is 4.98 Å². The summed E-state index contributed by atoms with van der Waals surface area (Å²) in [5.41, 5.74) is 1.07.